The molecule has 0 unspecified atom stereocenters. The molecular weight excluding hydrogens is 264 g/mol. The number of carboxylic acid groups (broad SMARTS) is 1. The van der Waals surface area contributed by atoms with Crippen molar-refractivity contribution in [2.24, 2.45) is 0 Å². The minimum atomic E-state index is -1.18. The molecular formula is C9H5ClN4O4. The lowest BCUT2D eigenvalue weighted by Crippen LogP contribution is -2.03. The Labute approximate surface area is 105 Å². The summed E-state index contributed by atoms with van der Waals surface area (Å²) < 4.78 is 1.08. The molecule has 0 amide bonds. The van der Waals surface area contributed by atoms with E-state index in [4.69, 9.17) is 16.7 Å². The molecule has 0 aliphatic heterocycles. The molecule has 2 rings (SSSR count). The number of carbonyl (C=O) groups is 1. The number of aromatic nitrogens is 3. The maximum atomic E-state index is 10.8. The van der Waals surface area contributed by atoms with Gasteiger partial charge < -0.3 is 5.11 Å². The molecule has 0 fully saturated rings. The van der Waals surface area contributed by atoms with Crippen LogP contribution in [0.2, 0.25) is 5.15 Å². The van der Waals surface area contributed by atoms with Crippen molar-refractivity contribution in [3.8, 4) is 5.82 Å². The van der Waals surface area contributed by atoms with Crippen LogP contribution in [0.25, 0.3) is 5.82 Å². The van der Waals surface area contributed by atoms with Gasteiger partial charge in [0.05, 0.1) is 10.5 Å². The molecule has 1 N–H and O–H groups in total. The highest BCUT2D eigenvalue weighted by molar-refractivity contribution is 6.29. The van der Waals surface area contributed by atoms with Gasteiger partial charge in [-0.05, 0) is 12.1 Å². The lowest BCUT2D eigenvalue weighted by atomic mass is 10.2. The minimum absolute atomic E-state index is 0.0388. The van der Waals surface area contributed by atoms with Gasteiger partial charge in [-0.25, -0.2) is 14.5 Å². The van der Waals surface area contributed by atoms with E-state index in [2.05, 4.69) is 10.1 Å². The number of nitrogens with zero attached hydrogens (tertiary/aromatic N) is 4. The van der Waals surface area contributed by atoms with Gasteiger partial charge in [0.25, 0.3) is 0 Å². The van der Waals surface area contributed by atoms with Crippen LogP contribution in [0.15, 0.2) is 24.5 Å². The Morgan fingerprint density at radius 1 is 1.50 bits per heavy atom. The van der Waals surface area contributed by atoms with Crippen molar-refractivity contribution in [3.63, 3.8) is 0 Å². The summed E-state index contributed by atoms with van der Waals surface area (Å²) in [5.41, 5.74) is -0.309. The smallest absolute Gasteiger partial charge is 0.335 e. The van der Waals surface area contributed by atoms with Gasteiger partial charge in [-0.2, -0.15) is 5.10 Å². The lowest BCUT2D eigenvalue weighted by molar-refractivity contribution is -0.384. The summed E-state index contributed by atoms with van der Waals surface area (Å²) in [6.07, 6.45) is 2.15. The Morgan fingerprint density at radius 2 is 2.22 bits per heavy atom. The molecule has 2 aromatic heterocycles. The van der Waals surface area contributed by atoms with E-state index in [1.165, 1.54) is 12.1 Å². The zero-order valence-electron chi connectivity index (χ0n) is 8.65. The van der Waals surface area contributed by atoms with Gasteiger partial charge in [0.1, 0.15) is 17.5 Å². The second kappa shape index (κ2) is 4.41. The fourth-order valence-corrected chi connectivity index (χ4v) is 1.46. The third-order valence-corrected chi connectivity index (χ3v) is 2.24. The summed E-state index contributed by atoms with van der Waals surface area (Å²) in [5.74, 6) is -1.09. The van der Waals surface area contributed by atoms with Crippen LogP contribution >= 0.6 is 11.6 Å². The SMILES string of the molecule is O=C(O)c1cc(Cl)nc(-n2cc([N+](=O)[O-])cn2)c1. The third kappa shape index (κ3) is 2.28. The number of carboxylic acids is 1. The first-order valence-electron chi connectivity index (χ1n) is 4.57. The second-order valence-electron chi connectivity index (χ2n) is 3.24. The van der Waals surface area contributed by atoms with Crippen molar-refractivity contribution in [2.75, 3.05) is 0 Å². The molecule has 92 valence electrons. The monoisotopic (exact) mass is 268 g/mol. The summed E-state index contributed by atoms with van der Waals surface area (Å²) in [6, 6.07) is 2.39. The number of aromatic carboxylic acids is 1. The molecule has 2 heterocycles. The average Bonchev–Trinajstić information content (AvgIpc) is 2.77. The summed E-state index contributed by atoms with van der Waals surface area (Å²) in [5, 5.41) is 23.0. The zero-order chi connectivity index (χ0) is 13.3. The Bertz CT molecular complexity index is 639. The molecule has 9 heteroatoms. The van der Waals surface area contributed by atoms with Crippen LogP contribution in [0.3, 0.4) is 0 Å². The highest BCUT2D eigenvalue weighted by Crippen LogP contribution is 2.16. The molecule has 18 heavy (non-hydrogen) atoms. The Hall–Kier alpha value is -2.48. The highest BCUT2D eigenvalue weighted by atomic mass is 35.5. The number of pyridine rings is 1. The summed E-state index contributed by atoms with van der Waals surface area (Å²) in [4.78, 5) is 24.5. The Kier molecular flexibility index (Phi) is 2.94. The Balaban J connectivity index is 2.49. The van der Waals surface area contributed by atoms with Crippen LogP contribution in [0, 0.1) is 10.1 Å². The van der Waals surface area contributed by atoms with Crippen LogP contribution in [0.4, 0.5) is 5.69 Å². The van der Waals surface area contributed by atoms with Gasteiger partial charge in [0.15, 0.2) is 5.82 Å². The van der Waals surface area contributed by atoms with Crippen LogP contribution < -0.4 is 0 Å². The number of nitro groups is 1. The predicted molar refractivity (Wildman–Crippen MR) is 60.0 cm³/mol. The summed E-state index contributed by atoms with van der Waals surface area (Å²) >= 11 is 5.66. The van der Waals surface area contributed by atoms with Crippen molar-refractivity contribution >= 4 is 23.3 Å². The fraction of sp³-hybridized carbons (Fsp3) is 0. The van der Waals surface area contributed by atoms with Crippen molar-refractivity contribution in [1.29, 1.82) is 0 Å². The van der Waals surface area contributed by atoms with Crippen LogP contribution in [0.1, 0.15) is 10.4 Å². The van der Waals surface area contributed by atoms with Gasteiger partial charge >= 0.3 is 11.7 Å². The average molecular weight is 269 g/mol. The van der Waals surface area contributed by atoms with Gasteiger partial charge in [0.2, 0.25) is 0 Å². The van der Waals surface area contributed by atoms with E-state index >= 15 is 0 Å². The van der Waals surface area contributed by atoms with E-state index in [1.807, 2.05) is 0 Å². The fourth-order valence-electron chi connectivity index (χ4n) is 1.26. The zero-order valence-corrected chi connectivity index (χ0v) is 9.40. The van der Waals surface area contributed by atoms with E-state index < -0.39 is 10.9 Å². The minimum Gasteiger partial charge on any atom is -0.478 e. The molecule has 0 atom stereocenters. The third-order valence-electron chi connectivity index (χ3n) is 2.04. The maximum Gasteiger partial charge on any atom is 0.335 e. The number of rotatable bonds is 3. The van der Waals surface area contributed by atoms with Gasteiger partial charge in [-0.15, -0.1) is 0 Å². The topological polar surface area (TPSA) is 111 Å². The number of hydrogen-bond acceptors (Lipinski definition) is 5. The molecule has 0 bridgehead atoms. The molecule has 8 nitrogen and oxygen atoms in total. The normalized spacial score (nSPS) is 10.3. The quantitative estimate of drug-likeness (QED) is 0.513. The molecule has 2 aromatic rings. The number of hydrogen-bond donors (Lipinski definition) is 1. The van der Waals surface area contributed by atoms with Crippen molar-refractivity contribution in [3.05, 3.63) is 45.4 Å². The first-order valence-corrected chi connectivity index (χ1v) is 4.95. The van der Waals surface area contributed by atoms with Gasteiger partial charge in [-0.1, -0.05) is 11.6 Å². The predicted octanol–water partition coefficient (Wildman–Crippen LogP) is 1.53. The van der Waals surface area contributed by atoms with Crippen LogP contribution in [0.5, 0.6) is 0 Å². The molecule has 0 radical (unpaired) electrons. The lowest BCUT2D eigenvalue weighted by Gasteiger charge is -2.02. The number of halogens is 1. The van der Waals surface area contributed by atoms with Crippen molar-refractivity contribution < 1.29 is 14.8 Å². The Morgan fingerprint density at radius 3 is 2.78 bits per heavy atom. The van der Waals surface area contributed by atoms with E-state index in [0.717, 1.165) is 17.1 Å². The van der Waals surface area contributed by atoms with Crippen molar-refractivity contribution in [1.82, 2.24) is 14.8 Å². The molecule has 0 saturated heterocycles. The highest BCUT2D eigenvalue weighted by Gasteiger charge is 2.13. The van der Waals surface area contributed by atoms with Gasteiger partial charge in [-0.3, -0.25) is 10.1 Å². The summed E-state index contributed by atoms with van der Waals surface area (Å²) in [6.45, 7) is 0. The molecule has 0 aliphatic carbocycles. The van der Waals surface area contributed by atoms with Crippen molar-refractivity contribution in [2.45, 2.75) is 0 Å². The van der Waals surface area contributed by atoms with E-state index in [9.17, 15) is 14.9 Å². The second-order valence-corrected chi connectivity index (χ2v) is 3.63. The molecule has 0 spiro atoms. The first-order chi connectivity index (χ1) is 8.47. The van der Waals surface area contributed by atoms with E-state index in [1.54, 1.807) is 0 Å². The van der Waals surface area contributed by atoms with Crippen LogP contribution in [-0.4, -0.2) is 30.8 Å². The standard InChI is InChI=1S/C9H5ClN4O4/c10-7-1-5(9(15)16)2-8(12-7)13-4-6(3-11-13)14(17)18/h1-4H,(H,15,16). The van der Waals surface area contributed by atoms with E-state index in [-0.39, 0.29) is 22.2 Å². The molecule has 0 saturated carbocycles. The molecule has 0 aliphatic rings. The van der Waals surface area contributed by atoms with E-state index in [0.29, 0.717) is 0 Å². The first kappa shape index (κ1) is 12.0. The van der Waals surface area contributed by atoms with Crippen LogP contribution in [-0.2, 0) is 0 Å². The molecule has 0 aromatic carbocycles. The largest absolute Gasteiger partial charge is 0.478 e. The summed E-state index contributed by atoms with van der Waals surface area (Å²) in [7, 11) is 0. The van der Waals surface area contributed by atoms with Gasteiger partial charge in [0, 0.05) is 0 Å². The maximum absolute atomic E-state index is 10.8.